The first-order valence-electron chi connectivity index (χ1n) is 12.6. The smallest absolute Gasteiger partial charge is 0.276 e. The number of aromatic nitrogens is 3. The summed E-state index contributed by atoms with van der Waals surface area (Å²) in [5, 5.41) is 10.6. The van der Waals surface area contributed by atoms with Gasteiger partial charge in [-0.3, -0.25) is 19.7 Å². The number of benzene rings is 2. The van der Waals surface area contributed by atoms with Crippen LogP contribution in [0.3, 0.4) is 0 Å². The molecule has 0 aliphatic carbocycles. The lowest BCUT2D eigenvalue weighted by atomic mass is 10.0. The predicted octanol–water partition coefficient (Wildman–Crippen LogP) is 5.47. The van der Waals surface area contributed by atoms with Crippen LogP contribution in [0, 0.1) is 0 Å². The lowest BCUT2D eigenvalue weighted by molar-refractivity contribution is 0.0787. The molecule has 5 rings (SSSR count). The Balaban J connectivity index is 1.33. The van der Waals surface area contributed by atoms with Crippen LogP contribution in [0.4, 0.5) is 5.69 Å². The van der Waals surface area contributed by atoms with E-state index in [4.69, 9.17) is 4.74 Å². The van der Waals surface area contributed by atoms with Crippen LogP contribution in [0.25, 0.3) is 16.5 Å². The zero-order chi connectivity index (χ0) is 27.2. The van der Waals surface area contributed by atoms with Gasteiger partial charge < -0.3 is 15.0 Å². The molecule has 2 amide bonds. The molecular weight excluding hydrogens is 492 g/mol. The number of nitrogens with one attached hydrogen (secondary N) is 2. The second-order valence-corrected chi connectivity index (χ2v) is 9.17. The summed E-state index contributed by atoms with van der Waals surface area (Å²) >= 11 is 0. The topological polar surface area (TPSA) is 113 Å². The molecule has 3 heterocycles. The molecule has 2 N–H and O–H groups in total. The van der Waals surface area contributed by atoms with Gasteiger partial charge in [-0.05, 0) is 80.1 Å². The number of likely N-dealkylation sites (tertiary alicyclic amines) is 1. The summed E-state index contributed by atoms with van der Waals surface area (Å²) in [4.78, 5) is 35.6. The highest BCUT2D eigenvalue weighted by Gasteiger charge is 2.21. The van der Waals surface area contributed by atoms with Crippen LogP contribution in [0.2, 0.25) is 0 Å². The average Bonchev–Trinajstić information content (AvgIpc) is 3.64. The van der Waals surface area contributed by atoms with E-state index in [1.54, 1.807) is 23.2 Å². The molecule has 4 aromatic rings. The maximum absolute atomic E-state index is 13.1. The highest BCUT2D eigenvalue weighted by molar-refractivity contribution is 6.11. The first-order valence-corrected chi connectivity index (χ1v) is 12.6. The fourth-order valence-corrected chi connectivity index (χ4v) is 4.40. The second kappa shape index (κ2) is 11.6. The molecule has 1 fully saturated rings. The number of fused-ring (bicyclic) bond motifs is 1. The van der Waals surface area contributed by atoms with E-state index in [9.17, 15) is 9.59 Å². The van der Waals surface area contributed by atoms with Gasteiger partial charge in [-0.2, -0.15) is 5.10 Å². The Kier molecular flexibility index (Phi) is 7.58. The molecule has 9 heteroatoms. The molecule has 0 bridgehead atoms. The van der Waals surface area contributed by atoms with Crippen molar-refractivity contribution >= 4 is 40.7 Å². The van der Waals surface area contributed by atoms with Crippen molar-refractivity contribution in [1.82, 2.24) is 20.1 Å². The number of hydrogen-bond donors (Lipinski definition) is 2. The lowest BCUT2D eigenvalue weighted by Crippen LogP contribution is -2.28. The Labute approximate surface area is 225 Å². The summed E-state index contributed by atoms with van der Waals surface area (Å²) < 4.78 is 5.94. The summed E-state index contributed by atoms with van der Waals surface area (Å²) in [6, 6.07) is 18.4. The van der Waals surface area contributed by atoms with Gasteiger partial charge in [-0.25, -0.2) is 4.98 Å². The zero-order valence-electron chi connectivity index (χ0n) is 21.6. The number of rotatable bonds is 8. The monoisotopic (exact) mass is 520 g/mol. The summed E-state index contributed by atoms with van der Waals surface area (Å²) in [6.45, 7) is 6.99. The molecule has 0 unspecified atom stereocenters. The van der Waals surface area contributed by atoms with Gasteiger partial charge in [0, 0.05) is 18.5 Å². The standard InChI is InChI=1S/C30H28N6O3/c1-20(16-24(19-31-2)39-23-8-4-3-5-9-23)21-10-12-26-25(17-21)28(35-34-26)29(37)33-22-11-13-27(32-18-22)30(38)36-14-6-7-15-36/h3-5,8-13,16-19H,2,6-7,14-15H2,1H3,(H,33,37)(H,34,35)/b20-16+,24-19+. The van der Waals surface area contributed by atoms with Crippen LogP contribution in [0.5, 0.6) is 5.75 Å². The number of ether oxygens (including phenoxy) is 1. The molecular formula is C30H28N6O3. The Bertz CT molecular complexity index is 1570. The number of anilines is 1. The number of allylic oxidation sites excluding steroid dienone is 2. The molecule has 1 aliphatic heterocycles. The Morgan fingerprint density at radius 3 is 2.62 bits per heavy atom. The van der Waals surface area contributed by atoms with E-state index in [2.05, 4.69) is 32.2 Å². The number of carbonyl (C=O) groups excluding carboxylic acids is 2. The van der Waals surface area contributed by atoms with Crippen LogP contribution in [-0.4, -0.2) is 51.7 Å². The summed E-state index contributed by atoms with van der Waals surface area (Å²) in [5.74, 6) is 0.738. The molecule has 1 aliphatic rings. The molecule has 2 aromatic heterocycles. The third-order valence-corrected chi connectivity index (χ3v) is 6.42. The number of H-pyrrole nitrogens is 1. The molecule has 196 valence electrons. The van der Waals surface area contributed by atoms with Crippen LogP contribution in [0.1, 0.15) is 46.3 Å². The van der Waals surface area contributed by atoms with Gasteiger partial charge in [-0.15, -0.1) is 0 Å². The van der Waals surface area contributed by atoms with Crippen LogP contribution >= 0.6 is 0 Å². The maximum atomic E-state index is 13.1. The van der Waals surface area contributed by atoms with Gasteiger partial charge in [0.1, 0.15) is 17.2 Å². The van der Waals surface area contributed by atoms with E-state index in [0.717, 1.165) is 42.6 Å². The van der Waals surface area contributed by atoms with Gasteiger partial charge in [0.15, 0.2) is 5.69 Å². The highest BCUT2D eigenvalue weighted by Crippen LogP contribution is 2.25. The fraction of sp³-hybridized carbons (Fsp3) is 0.167. The fourth-order valence-electron chi connectivity index (χ4n) is 4.40. The third-order valence-electron chi connectivity index (χ3n) is 6.42. The minimum absolute atomic E-state index is 0.0873. The van der Waals surface area contributed by atoms with E-state index in [0.29, 0.717) is 28.3 Å². The number of pyridine rings is 1. The van der Waals surface area contributed by atoms with E-state index in [1.165, 1.54) is 6.20 Å². The van der Waals surface area contributed by atoms with Gasteiger partial charge in [-0.1, -0.05) is 24.3 Å². The highest BCUT2D eigenvalue weighted by atomic mass is 16.5. The van der Waals surface area contributed by atoms with E-state index < -0.39 is 0 Å². The minimum atomic E-state index is -0.385. The van der Waals surface area contributed by atoms with Crippen molar-refractivity contribution in [2.75, 3.05) is 18.4 Å². The number of hydrogen-bond acceptors (Lipinski definition) is 6. The number of para-hydroxylation sites is 1. The first-order chi connectivity index (χ1) is 19.0. The van der Waals surface area contributed by atoms with Crippen LogP contribution in [0.15, 0.2) is 89.9 Å². The average molecular weight is 521 g/mol. The summed E-state index contributed by atoms with van der Waals surface area (Å²) in [7, 11) is 0. The largest absolute Gasteiger partial charge is 0.456 e. The maximum Gasteiger partial charge on any atom is 0.276 e. The van der Waals surface area contributed by atoms with Gasteiger partial charge in [0.2, 0.25) is 0 Å². The van der Waals surface area contributed by atoms with Crippen LogP contribution in [-0.2, 0) is 0 Å². The van der Waals surface area contributed by atoms with Gasteiger partial charge in [0.05, 0.1) is 23.6 Å². The molecule has 1 saturated heterocycles. The number of aromatic amines is 1. The van der Waals surface area contributed by atoms with Crippen molar-refractivity contribution in [1.29, 1.82) is 0 Å². The second-order valence-electron chi connectivity index (χ2n) is 9.17. The molecule has 2 aromatic carbocycles. The SMILES string of the molecule is C=N/C=C(\C=C(/C)c1ccc2[nH]nc(C(=O)Nc3ccc(C(=O)N4CCCC4)nc3)c2c1)Oc1ccccc1. The first kappa shape index (κ1) is 25.6. The Morgan fingerprint density at radius 2 is 1.90 bits per heavy atom. The molecule has 39 heavy (non-hydrogen) atoms. The van der Waals surface area contributed by atoms with Crippen LogP contribution < -0.4 is 10.1 Å². The number of carbonyl (C=O) groups is 2. The van der Waals surface area contributed by atoms with Crippen molar-refractivity contribution in [2.45, 2.75) is 19.8 Å². The lowest BCUT2D eigenvalue weighted by Gasteiger charge is -2.14. The molecule has 0 spiro atoms. The van der Waals surface area contributed by atoms with Gasteiger partial charge >= 0.3 is 0 Å². The normalized spacial score (nSPS) is 13.9. The van der Waals surface area contributed by atoms with E-state index in [1.807, 2.05) is 61.5 Å². The predicted molar refractivity (Wildman–Crippen MR) is 152 cm³/mol. The number of amides is 2. The molecule has 9 nitrogen and oxygen atoms in total. The zero-order valence-corrected chi connectivity index (χ0v) is 21.6. The van der Waals surface area contributed by atoms with E-state index in [-0.39, 0.29) is 17.5 Å². The van der Waals surface area contributed by atoms with Crippen molar-refractivity contribution < 1.29 is 14.3 Å². The van der Waals surface area contributed by atoms with E-state index >= 15 is 0 Å². The third kappa shape index (κ3) is 5.93. The number of aliphatic imine (C=N–C) groups is 1. The van der Waals surface area contributed by atoms with Crippen molar-refractivity contribution in [3.8, 4) is 5.75 Å². The summed E-state index contributed by atoms with van der Waals surface area (Å²) in [5.41, 5.74) is 3.61. The molecule has 0 radical (unpaired) electrons. The quantitative estimate of drug-likeness (QED) is 0.182. The Morgan fingerprint density at radius 1 is 1.10 bits per heavy atom. The Hall–Kier alpha value is -5.05. The summed E-state index contributed by atoms with van der Waals surface area (Å²) in [6.07, 6.45) is 6.92. The van der Waals surface area contributed by atoms with Crippen molar-refractivity contribution in [2.24, 2.45) is 4.99 Å². The van der Waals surface area contributed by atoms with Crippen molar-refractivity contribution in [3.05, 3.63) is 102 Å². The molecule has 0 saturated carbocycles. The number of nitrogens with zero attached hydrogens (tertiary/aromatic N) is 4. The van der Waals surface area contributed by atoms with Crippen molar-refractivity contribution in [3.63, 3.8) is 0 Å². The molecule has 0 atom stereocenters. The van der Waals surface area contributed by atoms with Gasteiger partial charge in [0.25, 0.3) is 11.8 Å². The minimum Gasteiger partial charge on any atom is -0.456 e.